The number of hydrogen-bond donors (Lipinski definition) is 0. The van der Waals surface area contributed by atoms with Crippen molar-refractivity contribution in [1.29, 1.82) is 0 Å². The van der Waals surface area contributed by atoms with Crippen LogP contribution in [0.25, 0.3) is 0 Å². The predicted molar refractivity (Wildman–Crippen MR) is 260 cm³/mol. The van der Waals surface area contributed by atoms with Gasteiger partial charge in [0.15, 0.2) is 0 Å². The molecule has 0 unspecified atom stereocenters. The molecule has 2 aromatic rings. The van der Waals surface area contributed by atoms with Gasteiger partial charge < -0.3 is 0 Å². The highest BCUT2D eigenvalue weighted by atomic mass is 14.8. The molecule has 2 aromatic carbocycles. The lowest BCUT2D eigenvalue weighted by molar-refractivity contribution is 0.558. The summed E-state index contributed by atoms with van der Waals surface area (Å²) in [4.78, 5) is 10.6. The quantitative estimate of drug-likeness (QED) is 0.0378. The van der Waals surface area contributed by atoms with Crippen LogP contribution in [0.4, 0.5) is 11.4 Å². The fourth-order valence-electron chi connectivity index (χ4n) is 7.57. The SMILES string of the molecule is CCCCCCCCCCCCC#CCCc1ccc(N=C(CCCCC)C(CCCCC)=Nc2ccc(CCC#CCCCCCCCCCCCC)cc2)cc1. The molecule has 0 saturated carbocycles. The first-order valence-electron chi connectivity index (χ1n) is 24.9. The van der Waals surface area contributed by atoms with Crippen molar-refractivity contribution in [2.75, 3.05) is 0 Å². The Morgan fingerprint density at radius 2 is 0.603 bits per heavy atom. The second kappa shape index (κ2) is 38.1. The Kier molecular flexibility index (Phi) is 33.6. The van der Waals surface area contributed by atoms with Crippen LogP contribution in [0.3, 0.4) is 0 Å². The molecule has 0 aliphatic heterocycles. The zero-order valence-electron chi connectivity index (χ0n) is 38.6. The molecule has 0 N–H and O–H groups in total. The Bertz CT molecular complexity index is 1310. The van der Waals surface area contributed by atoms with Gasteiger partial charge in [-0.15, -0.1) is 23.7 Å². The van der Waals surface area contributed by atoms with Crippen LogP contribution in [0.5, 0.6) is 0 Å². The highest BCUT2D eigenvalue weighted by molar-refractivity contribution is 6.43. The summed E-state index contributed by atoms with van der Waals surface area (Å²) in [6.45, 7) is 9.14. The maximum absolute atomic E-state index is 5.28. The molecule has 0 atom stereocenters. The van der Waals surface area contributed by atoms with Gasteiger partial charge in [-0.05, 0) is 86.8 Å². The van der Waals surface area contributed by atoms with Gasteiger partial charge in [-0.1, -0.05) is 193 Å². The molecule has 2 nitrogen and oxygen atoms in total. The molecule has 0 heterocycles. The normalized spacial score (nSPS) is 11.7. The Hall–Kier alpha value is -3.10. The van der Waals surface area contributed by atoms with Crippen LogP contribution in [0.15, 0.2) is 58.5 Å². The molecule has 0 fully saturated rings. The Morgan fingerprint density at radius 3 is 0.931 bits per heavy atom. The summed E-state index contributed by atoms with van der Waals surface area (Å²) < 4.78 is 0. The molecule has 0 aliphatic carbocycles. The van der Waals surface area contributed by atoms with Crippen molar-refractivity contribution < 1.29 is 0 Å². The lowest BCUT2D eigenvalue weighted by atomic mass is 10.0. The van der Waals surface area contributed by atoms with E-state index in [1.807, 2.05) is 0 Å². The summed E-state index contributed by atoms with van der Waals surface area (Å²) in [5, 5.41) is 0. The van der Waals surface area contributed by atoms with E-state index in [2.05, 4.69) is 99.9 Å². The summed E-state index contributed by atoms with van der Waals surface area (Å²) in [5.74, 6) is 13.7. The number of benzene rings is 2. The van der Waals surface area contributed by atoms with E-state index in [9.17, 15) is 0 Å². The standard InChI is InChI=1S/C56H88N2/c1-5-9-13-15-17-19-21-23-25-27-29-31-33-37-39-51-43-47-53(48-44-51)57-55(41-35-11-7-3)56(42-36-12-8-4)58-54-49-45-52(46-50-54)40-38-34-32-30-28-26-24-22-20-18-16-14-10-6-2/h43-50H,5-30,35-42H2,1-4H3. The van der Waals surface area contributed by atoms with Crippen molar-refractivity contribution in [3.05, 3.63) is 59.7 Å². The van der Waals surface area contributed by atoms with Crippen molar-refractivity contribution in [2.24, 2.45) is 9.98 Å². The smallest absolute Gasteiger partial charge is 0.0633 e. The number of rotatable bonds is 35. The summed E-state index contributed by atoms with van der Waals surface area (Å²) in [6, 6.07) is 17.8. The van der Waals surface area contributed by atoms with Gasteiger partial charge in [-0.25, -0.2) is 0 Å². The van der Waals surface area contributed by atoms with E-state index in [1.54, 1.807) is 0 Å². The van der Waals surface area contributed by atoms with Gasteiger partial charge in [-0.3, -0.25) is 9.98 Å². The molecule has 0 radical (unpaired) electrons. The third kappa shape index (κ3) is 28.3. The fourth-order valence-corrected chi connectivity index (χ4v) is 7.57. The van der Waals surface area contributed by atoms with Crippen LogP contribution >= 0.6 is 0 Å². The zero-order valence-corrected chi connectivity index (χ0v) is 38.6. The third-order valence-corrected chi connectivity index (χ3v) is 11.4. The number of unbranched alkanes of at least 4 members (excludes halogenated alkanes) is 24. The second-order valence-corrected chi connectivity index (χ2v) is 16.9. The van der Waals surface area contributed by atoms with Gasteiger partial charge in [0.25, 0.3) is 0 Å². The number of aryl methyl sites for hydroxylation is 2. The third-order valence-electron chi connectivity index (χ3n) is 11.4. The monoisotopic (exact) mass is 789 g/mol. The van der Waals surface area contributed by atoms with Gasteiger partial charge in [0.05, 0.1) is 22.8 Å². The molecule has 0 spiro atoms. The first-order chi connectivity index (χ1) is 28.7. The lowest BCUT2D eigenvalue weighted by Crippen LogP contribution is -2.14. The minimum atomic E-state index is 0.933. The van der Waals surface area contributed by atoms with Gasteiger partial charge in [0.2, 0.25) is 0 Å². The summed E-state index contributed by atoms with van der Waals surface area (Å²) >= 11 is 0. The van der Waals surface area contributed by atoms with E-state index in [4.69, 9.17) is 9.98 Å². The molecule has 0 aliphatic rings. The minimum Gasteiger partial charge on any atom is -0.252 e. The van der Waals surface area contributed by atoms with Crippen molar-refractivity contribution in [2.45, 2.75) is 246 Å². The molecule has 0 aromatic heterocycles. The van der Waals surface area contributed by atoms with E-state index in [0.717, 1.165) is 87.0 Å². The molecule has 0 saturated heterocycles. The van der Waals surface area contributed by atoms with Crippen LogP contribution in [0.2, 0.25) is 0 Å². The average molecular weight is 789 g/mol. The molecule has 322 valence electrons. The second-order valence-electron chi connectivity index (χ2n) is 16.9. The summed E-state index contributed by atoms with van der Waals surface area (Å²) in [7, 11) is 0. The van der Waals surface area contributed by atoms with E-state index in [1.165, 1.54) is 165 Å². The van der Waals surface area contributed by atoms with Crippen molar-refractivity contribution in [1.82, 2.24) is 0 Å². The zero-order chi connectivity index (χ0) is 41.4. The van der Waals surface area contributed by atoms with Crippen molar-refractivity contribution in [3.8, 4) is 23.7 Å². The summed E-state index contributed by atoms with van der Waals surface area (Å²) in [6.07, 6.45) is 42.7. The first kappa shape index (κ1) is 51.0. The van der Waals surface area contributed by atoms with Crippen molar-refractivity contribution >= 4 is 22.8 Å². The predicted octanol–water partition coefficient (Wildman–Crippen LogP) is 18.2. The minimum absolute atomic E-state index is 0.933. The van der Waals surface area contributed by atoms with Gasteiger partial charge in [-0.2, -0.15) is 0 Å². The van der Waals surface area contributed by atoms with E-state index < -0.39 is 0 Å². The van der Waals surface area contributed by atoms with E-state index >= 15 is 0 Å². The van der Waals surface area contributed by atoms with Crippen LogP contribution in [0.1, 0.15) is 244 Å². The van der Waals surface area contributed by atoms with Crippen LogP contribution in [-0.2, 0) is 12.8 Å². The maximum Gasteiger partial charge on any atom is 0.0633 e. The van der Waals surface area contributed by atoms with Crippen molar-refractivity contribution in [3.63, 3.8) is 0 Å². The molecule has 0 bridgehead atoms. The fraction of sp³-hybridized carbons (Fsp3) is 0.679. The van der Waals surface area contributed by atoms with Crippen LogP contribution < -0.4 is 0 Å². The molecular formula is C56H88N2. The maximum atomic E-state index is 5.28. The highest BCUT2D eigenvalue weighted by Crippen LogP contribution is 2.22. The Morgan fingerprint density at radius 1 is 0.328 bits per heavy atom. The Balaban J connectivity index is 1.88. The van der Waals surface area contributed by atoms with E-state index in [-0.39, 0.29) is 0 Å². The molecule has 2 rings (SSSR count). The number of aliphatic imine (C=N–C) groups is 2. The molecule has 58 heavy (non-hydrogen) atoms. The molecule has 2 heteroatoms. The van der Waals surface area contributed by atoms with Gasteiger partial charge in [0.1, 0.15) is 0 Å². The van der Waals surface area contributed by atoms with Crippen LogP contribution in [-0.4, -0.2) is 11.4 Å². The summed E-state index contributed by atoms with van der Waals surface area (Å²) in [5.41, 5.74) is 7.09. The number of nitrogens with zero attached hydrogens (tertiary/aromatic N) is 2. The number of hydrogen-bond acceptors (Lipinski definition) is 2. The molecule has 0 amide bonds. The lowest BCUT2D eigenvalue weighted by Gasteiger charge is -2.12. The van der Waals surface area contributed by atoms with Crippen LogP contribution in [0, 0.1) is 23.7 Å². The Labute approximate surface area is 360 Å². The van der Waals surface area contributed by atoms with Gasteiger partial charge in [0, 0.05) is 25.7 Å². The van der Waals surface area contributed by atoms with E-state index in [0.29, 0.717) is 0 Å². The largest absolute Gasteiger partial charge is 0.252 e. The highest BCUT2D eigenvalue weighted by Gasteiger charge is 2.11. The topological polar surface area (TPSA) is 24.7 Å². The first-order valence-corrected chi connectivity index (χ1v) is 24.9. The molecular weight excluding hydrogens is 701 g/mol. The van der Waals surface area contributed by atoms with Gasteiger partial charge >= 0.3 is 0 Å². The average Bonchev–Trinajstić information content (AvgIpc) is 3.24.